The maximum Gasteiger partial charge on any atom is 0.164 e. The van der Waals surface area contributed by atoms with Crippen LogP contribution >= 0.6 is 11.6 Å². The Morgan fingerprint density at radius 1 is 1.31 bits per heavy atom. The Balaban J connectivity index is 2.33. The van der Waals surface area contributed by atoms with E-state index in [1.54, 1.807) is 10.9 Å². The largest absolute Gasteiger partial charge is 0.381 e. The van der Waals surface area contributed by atoms with Crippen molar-refractivity contribution in [2.24, 2.45) is 0 Å². The first-order valence-corrected chi connectivity index (χ1v) is 5.49. The summed E-state index contributed by atoms with van der Waals surface area (Å²) < 4.78 is 1.77. The molecule has 2 rings (SSSR count). The van der Waals surface area contributed by atoms with Crippen LogP contribution in [0.4, 0.5) is 5.82 Å². The second-order valence-electron chi connectivity index (χ2n) is 3.93. The van der Waals surface area contributed by atoms with Crippen LogP contribution in [0.2, 0.25) is 5.02 Å². The van der Waals surface area contributed by atoms with Crippen LogP contribution in [0.15, 0.2) is 24.4 Å². The zero-order valence-electron chi connectivity index (χ0n) is 9.37. The number of nitrogens with zero attached hydrogens (tertiary/aromatic N) is 2. The minimum atomic E-state index is 0.382. The van der Waals surface area contributed by atoms with E-state index in [1.165, 1.54) is 16.7 Å². The van der Waals surface area contributed by atoms with Gasteiger partial charge in [-0.15, -0.1) is 0 Å². The van der Waals surface area contributed by atoms with Crippen molar-refractivity contribution in [3.63, 3.8) is 0 Å². The number of aryl methyl sites for hydroxylation is 2. The molecular weight excluding hydrogens is 222 g/mol. The van der Waals surface area contributed by atoms with E-state index >= 15 is 0 Å². The molecule has 1 aromatic heterocycles. The SMILES string of the molecule is Cc1cccc(C)c1Cn1cc(Cl)c(N)n1. The monoisotopic (exact) mass is 235 g/mol. The zero-order chi connectivity index (χ0) is 11.7. The summed E-state index contributed by atoms with van der Waals surface area (Å²) in [6.07, 6.45) is 1.75. The molecule has 0 aliphatic heterocycles. The van der Waals surface area contributed by atoms with E-state index < -0.39 is 0 Å². The minimum Gasteiger partial charge on any atom is -0.381 e. The highest BCUT2D eigenvalue weighted by Gasteiger charge is 2.06. The summed E-state index contributed by atoms with van der Waals surface area (Å²) in [6, 6.07) is 6.24. The number of hydrogen-bond donors (Lipinski definition) is 1. The molecule has 0 amide bonds. The standard InChI is InChI=1S/C12H14ClN3/c1-8-4-3-5-9(2)10(8)6-16-7-11(13)12(14)15-16/h3-5,7H,6H2,1-2H3,(H2,14,15). The van der Waals surface area contributed by atoms with Crippen LogP contribution in [0.5, 0.6) is 0 Å². The summed E-state index contributed by atoms with van der Waals surface area (Å²) in [5.74, 6) is 0.382. The topological polar surface area (TPSA) is 43.8 Å². The summed E-state index contributed by atoms with van der Waals surface area (Å²) in [5.41, 5.74) is 9.38. The average Bonchev–Trinajstić information content (AvgIpc) is 2.53. The molecule has 0 fully saturated rings. The first-order valence-electron chi connectivity index (χ1n) is 5.11. The molecule has 2 N–H and O–H groups in total. The van der Waals surface area contributed by atoms with Gasteiger partial charge in [0.15, 0.2) is 5.82 Å². The van der Waals surface area contributed by atoms with Crippen LogP contribution in [0, 0.1) is 13.8 Å². The number of anilines is 1. The maximum absolute atomic E-state index is 5.87. The molecule has 1 aromatic carbocycles. The fourth-order valence-electron chi connectivity index (χ4n) is 1.75. The Labute approximate surface area is 99.8 Å². The molecule has 84 valence electrons. The molecule has 4 heteroatoms. The third-order valence-corrected chi connectivity index (χ3v) is 3.00. The molecule has 16 heavy (non-hydrogen) atoms. The Hall–Kier alpha value is -1.48. The third-order valence-electron chi connectivity index (χ3n) is 2.71. The number of aromatic nitrogens is 2. The Bertz CT molecular complexity index is 477. The van der Waals surface area contributed by atoms with Gasteiger partial charge in [0, 0.05) is 6.20 Å². The summed E-state index contributed by atoms with van der Waals surface area (Å²) >= 11 is 5.87. The number of nitrogens with two attached hydrogens (primary N) is 1. The highest BCUT2D eigenvalue weighted by atomic mass is 35.5. The van der Waals surface area contributed by atoms with Gasteiger partial charge >= 0.3 is 0 Å². The van der Waals surface area contributed by atoms with Gasteiger partial charge in [-0.25, -0.2) is 0 Å². The van der Waals surface area contributed by atoms with Crippen molar-refractivity contribution in [2.45, 2.75) is 20.4 Å². The zero-order valence-corrected chi connectivity index (χ0v) is 10.1. The van der Waals surface area contributed by atoms with Crippen LogP contribution in [0.3, 0.4) is 0 Å². The number of halogens is 1. The normalized spacial score (nSPS) is 10.7. The highest BCUT2D eigenvalue weighted by molar-refractivity contribution is 6.32. The van der Waals surface area contributed by atoms with Crippen LogP contribution in [-0.2, 0) is 6.54 Å². The van der Waals surface area contributed by atoms with Gasteiger partial charge in [-0.2, -0.15) is 5.10 Å². The van der Waals surface area contributed by atoms with Crippen molar-refractivity contribution in [1.82, 2.24) is 9.78 Å². The van der Waals surface area contributed by atoms with Gasteiger partial charge in [0.25, 0.3) is 0 Å². The van der Waals surface area contributed by atoms with E-state index in [0.29, 0.717) is 17.4 Å². The second kappa shape index (κ2) is 4.18. The van der Waals surface area contributed by atoms with Gasteiger partial charge in [-0.1, -0.05) is 29.8 Å². The van der Waals surface area contributed by atoms with Crippen molar-refractivity contribution >= 4 is 17.4 Å². The van der Waals surface area contributed by atoms with Crippen molar-refractivity contribution in [1.29, 1.82) is 0 Å². The van der Waals surface area contributed by atoms with Gasteiger partial charge in [0.05, 0.1) is 6.54 Å². The van der Waals surface area contributed by atoms with Gasteiger partial charge in [-0.05, 0) is 30.5 Å². The van der Waals surface area contributed by atoms with Gasteiger partial charge in [0.2, 0.25) is 0 Å². The lowest BCUT2D eigenvalue weighted by Gasteiger charge is -2.09. The summed E-state index contributed by atoms with van der Waals surface area (Å²) in [7, 11) is 0. The number of hydrogen-bond acceptors (Lipinski definition) is 2. The van der Waals surface area contributed by atoms with E-state index in [0.717, 1.165) is 0 Å². The molecule has 0 atom stereocenters. The number of benzene rings is 1. The summed E-state index contributed by atoms with van der Waals surface area (Å²) in [4.78, 5) is 0. The molecule has 0 bridgehead atoms. The lowest BCUT2D eigenvalue weighted by molar-refractivity contribution is 0.684. The molecule has 1 heterocycles. The maximum atomic E-state index is 5.87. The van der Waals surface area contributed by atoms with E-state index in [2.05, 4.69) is 37.1 Å². The molecule has 0 aliphatic rings. The lowest BCUT2D eigenvalue weighted by atomic mass is 10.0. The molecule has 0 radical (unpaired) electrons. The number of nitrogen functional groups attached to an aromatic ring is 1. The fourth-order valence-corrected chi connectivity index (χ4v) is 1.90. The molecule has 0 saturated carbocycles. The predicted octanol–water partition coefficient (Wildman–Crippen LogP) is 2.78. The van der Waals surface area contributed by atoms with E-state index in [1.807, 2.05) is 0 Å². The molecule has 0 saturated heterocycles. The van der Waals surface area contributed by atoms with E-state index in [9.17, 15) is 0 Å². The first kappa shape index (κ1) is 11.0. The van der Waals surface area contributed by atoms with Crippen molar-refractivity contribution < 1.29 is 0 Å². The van der Waals surface area contributed by atoms with Crippen LogP contribution in [0.25, 0.3) is 0 Å². The smallest absolute Gasteiger partial charge is 0.164 e. The lowest BCUT2D eigenvalue weighted by Crippen LogP contribution is -2.04. The van der Waals surface area contributed by atoms with E-state index in [4.69, 9.17) is 17.3 Å². The highest BCUT2D eigenvalue weighted by Crippen LogP contribution is 2.19. The van der Waals surface area contributed by atoms with E-state index in [-0.39, 0.29) is 0 Å². The van der Waals surface area contributed by atoms with Crippen LogP contribution < -0.4 is 5.73 Å². The molecular formula is C12H14ClN3. The van der Waals surface area contributed by atoms with Gasteiger partial charge < -0.3 is 5.73 Å². The molecule has 3 nitrogen and oxygen atoms in total. The second-order valence-corrected chi connectivity index (χ2v) is 4.34. The van der Waals surface area contributed by atoms with Gasteiger partial charge in [-0.3, -0.25) is 4.68 Å². The third kappa shape index (κ3) is 2.04. The minimum absolute atomic E-state index is 0.382. The first-order chi connectivity index (χ1) is 7.58. The Kier molecular flexibility index (Phi) is 2.88. The Morgan fingerprint density at radius 2 is 1.94 bits per heavy atom. The van der Waals surface area contributed by atoms with Crippen LogP contribution in [0.1, 0.15) is 16.7 Å². The number of rotatable bonds is 2. The molecule has 0 unspecified atom stereocenters. The summed E-state index contributed by atoms with van der Waals surface area (Å²) in [5, 5.41) is 4.66. The molecule has 2 aromatic rings. The predicted molar refractivity (Wildman–Crippen MR) is 66.7 cm³/mol. The van der Waals surface area contributed by atoms with Crippen molar-refractivity contribution in [3.8, 4) is 0 Å². The van der Waals surface area contributed by atoms with Crippen molar-refractivity contribution in [2.75, 3.05) is 5.73 Å². The summed E-state index contributed by atoms with van der Waals surface area (Å²) in [6.45, 7) is 4.89. The Morgan fingerprint density at radius 3 is 2.44 bits per heavy atom. The van der Waals surface area contributed by atoms with Crippen molar-refractivity contribution in [3.05, 3.63) is 46.1 Å². The fraction of sp³-hybridized carbons (Fsp3) is 0.250. The average molecular weight is 236 g/mol. The molecule has 0 spiro atoms. The quantitative estimate of drug-likeness (QED) is 0.870. The van der Waals surface area contributed by atoms with Gasteiger partial charge in [0.1, 0.15) is 5.02 Å². The molecule has 0 aliphatic carbocycles. The van der Waals surface area contributed by atoms with Crippen LogP contribution in [-0.4, -0.2) is 9.78 Å².